The summed E-state index contributed by atoms with van der Waals surface area (Å²) in [5.74, 6) is 0.165. The van der Waals surface area contributed by atoms with Crippen LogP contribution in [-0.2, 0) is 4.79 Å². The summed E-state index contributed by atoms with van der Waals surface area (Å²) in [7, 11) is 0. The van der Waals surface area contributed by atoms with E-state index in [0.29, 0.717) is 6.04 Å². The molecule has 0 aromatic carbocycles. The van der Waals surface area contributed by atoms with Crippen LogP contribution in [0.25, 0.3) is 0 Å². The Morgan fingerprint density at radius 3 is 2.61 bits per heavy atom. The second-order valence-corrected chi connectivity index (χ2v) is 6.03. The predicted molar refractivity (Wildman–Crippen MR) is 71.7 cm³/mol. The largest absolute Gasteiger partial charge is 0.480 e. The Balaban J connectivity index is 1.96. The maximum atomic E-state index is 11.5. The molecular formula is C14H26N2O2. The molecule has 0 radical (unpaired) electrons. The van der Waals surface area contributed by atoms with E-state index in [-0.39, 0.29) is 0 Å². The lowest BCUT2D eigenvalue weighted by molar-refractivity contribution is -0.144. The van der Waals surface area contributed by atoms with Gasteiger partial charge in [0, 0.05) is 6.04 Å². The summed E-state index contributed by atoms with van der Waals surface area (Å²) >= 11 is 0. The molecule has 1 saturated carbocycles. The van der Waals surface area contributed by atoms with Crippen molar-refractivity contribution in [1.82, 2.24) is 10.2 Å². The molecule has 1 aliphatic heterocycles. The third kappa shape index (κ3) is 2.69. The molecule has 0 aromatic rings. The van der Waals surface area contributed by atoms with Gasteiger partial charge in [0.05, 0.1) is 0 Å². The van der Waals surface area contributed by atoms with Crippen molar-refractivity contribution in [3.63, 3.8) is 0 Å². The Hall–Kier alpha value is -0.610. The van der Waals surface area contributed by atoms with E-state index in [9.17, 15) is 9.90 Å². The molecule has 2 atom stereocenters. The van der Waals surface area contributed by atoms with Gasteiger partial charge in [0.1, 0.15) is 5.54 Å². The molecule has 2 fully saturated rings. The van der Waals surface area contributed by atoms with Crippen LogP contribution < -0.4 is 5.32 Å². The van der Waals surface area contributed by atoms with Crippen molar-refractivity contribution in [3.8, 4) is 0 Å². The summed E-state index contributed by atoms with van der Waals surface area (Å²) in [5.41, 5.74) is -0.664. The zero-order valence-corrected chi connectivity index (χ0v) is 11.6. The van der Waals surface area contributed by atoms with Gasteiger partial charge in [-0.1, -0.05) is 13.8 Å². The number of nitrogens with zero attached hydrogens (tertiary/aromatic N) is 1. The number of hydrogen-bond acceptors (Lipinski definition) is 3. The van der Waals surface area contributed by atoms with E-state index in [1.807, 2.05) is 6.92 Å². The number of likely N-dealkylation sites (tertiary alicyclic amines) is 1. The molecule has 0 spiro atoms. The number of carbonyl (C=O) groups is 1. The molecular weight excluding hydrogens is 228 g/mol. The molecule has 1 saturated heterocycles. The molecule has 0 bridgehead atoms. The summed E-state index contributed by atoms with van der Waals surface area (Å²) < 4.78 is 0. The van der Waals surface area contributed by atoms with Crippen LogP contribution in [0.5, 0.6) is 0 Å². The molecule has 2 N–H and O–H groups in total. The monoisotopic (exact) mass is 254 g/mol. The van der Waals surface area contributed by atoms with Crippen LogP contribution in [0.3, 0.4) is 0 Å². The van der Waals surface area contributed by atoms with E-state index in [2.05, 4.69) is 17.1 Å². The third-order valence-corrected chi connectivity index (χ3v) is 4.75. The van der Waals surface area contributed by atoms with Crippen molar-refractivity contribution in [2.75, 3.05) is 19.6 Å². The average Bonchev–Trinajstić information content (AvgIpc) is 2.76. The van der Waals surface area contributed by atoms with Gasteiger partial charge < -0.3 is 15.3 Å². The molecule has 18 heavy (non-hydrogen) atoms. The normalized spacial score (nSPS) is 34.9. The predicted octanol–water partition coefficient (Wildman–Crippen LogP) is 1.70. The summed E-state index contributed by atoms with van der Waals surface area (Å²) in [6.45, 7) is 7.32. The fourth-order valence-corrected chi connectivity index (χ4v) is 3.49. The molecule has 4 heteroatoms. The molecule has 1 aliphatic carbocycles. The fourth-order valence-electron chi connectivity index (χ4n) is 3.49. The second-order valence-electron chi connectivity index (χ2n) is 6.03. The van der Waals surface area contributed by atoms with Crippen molar-refractivity contribution in [2.24, 2.45) is 5.92 Å². The number of aliphatic carboxylic acids is 1. The topological polar surface area (TPSA) is 52.6 Å². The van der Waals surface area contributed by atoms with Crippen LogP contribution in [0.1, 0.15) is 46.0 Å². The number of hydrogen-bond donors (Lipinski definition) is 2. The summed E-state index contributed by atoms with van der Waals surface area (Å²) in [5, 5.41) is 12.7. The van der Waals surface area contributed by atoms with Crippen LogP contribution in [-0.4, -0.2) is 47.2 Å². The molecule has 4 nitrogen and oxygen atoms in total. The summed E-state index contributed by atoms with van der Waals surface area (Å²) in [4.78, 5) is 14.0. The lowest BCUT2D eigenvalue weighted by Gasteiger charge is -2.35. The van der Waals surface area contributed by atoms with Gasteiger partial charge >= 0.3 is 5.97 Å². The lowest BCUT2D eigenvalue weighted by atomic mass is 9.95. The number of rotatable bonds is 4. The molecule has 2 rings (SSSR count). The fraction of sp³-hybridized carbons (Fsp3) is 0.929. The van der Waals surface area contributed by atoms with Crippen molar-refractivity contribution in [2.45, 2.75) is 57.5 Å². The minimum Gasteiger partial charge on any atom is -0.480 e. The van der Waals surface area contributed by atoms with Crippen molar-refractivity contribution in [3.05, 3.63) is 0 Å². The van der Waals surface area contributed by atoms with E-state index >= 15 is 0 Å². The first-order valence-electron chi connectivity index (χ1n) is 7.30. The zero-order chi connectivity index (χ0) is 13.2. The average molecular weight is 254 g/mol. The molecule has 0 amide bonds. The number of carboxylic acid groups (broad SMARTS) is 1. The van der Waals surface area contributed by atoms with Gasteiger partial charge in [0.15, 0.2) is 0 Å². The van der Waals surface area contributed by atoms with Crippen LogP contribution in [0.4, 0.5) is 0 Å². The Morgan fingerprint density at radius 2 is 2.06 bits per heavy atom. The minimum atomic E-state index is -0.669. The van der Waals surface area contributed by atoms with Crippen LogP contribution in [0, 0.1) is 5.92 Å². The van der Waals surface area contributed by atoms with E-state index in [1.54, 1.807) is 0 Å². The second kappa shape index (κ2) is 5.57. The molecule has 0 aromatic heterocycles. The zero-order valence-electron chi connectivity index (χ0n) is 11.6. The first-order chi connectivity index (χ1) is 8.57. The SMILES string of the molecule is CCNC1(C(=O)O)CCC(N2CCC(C)CC2)C1. The van der Waals surface area contributed by atoms with Gasteiger partial charge in [-0.15, -0.1) is 0 Å². The highest BCUT2D eigenvalue weighted by Gasteiger charge is 2.46. The highest BCUT2D eigenvalue weighted by Crippen LogP contribution is 2.35. The molecule has 104 valence electrons. The van der Waals surface area contributed by atoms with Crippen LogP contribution >= 0.6 is 0 Å². The van der Waals surface area contributed by atoms with Crippen molar-refractivity contribution in [1.29, 1.82) is 0 Å². The van der Waals surface area contributed by atoms with Crippen LogP contribution in [0.15, 0.2) is 0 Å². The Labute approximate surface area is 110 Å². The maximum Gasteiger partial charge on any atom is 0.323 e. The van der Waals surface area contributed by atoms with Gasteiger partial charge in [0.25, 0.3) is 0 Å². The number of piperidine rings is 1. The molecule has 1 heterocycles. The Morgan fingerprint density at radius 1 is 1.39 bits per heavy atom. The summed E-state index contributed by atoms with van der Waals surface area (Å²) in [6, 6.07) is 0.465. The van der Waals surface area contributed by atoms with Gasteiger partial charge in [-0.3, -0.25) is 4.79 Å². The lowest BCUT2D eigenvalue weighted by Crippen LogP contribution is -2.51. The first-order valence-corrected chi connectivity index (χ1v) is 7.30. The Kier molecular flexibility index (Phi) is 4.28. The van der Waals surface area contributed by atoms with Crippen molar-refractivity contribution < 1.29 is 9.90 Å². The highest BCUT2D eigenvalue weighted by molar-refractivity contribution is 5.79. The van der Waals surface area contributed by atoms with E-state index < -0.39 is 11.5 Å². The molecule has 2 unspecified atom stereocenters. The smallest absolute Gasteiger partial charge is 0.323 e. The van der Waals surface area contributed by atoms with E-state index in [4.69, 9.17) is 0 Å². The Bertz CT molecular complexity index is 300. The van der Waals surface area contributed by atoms with E-state index in [0.717, 1.165) is 44.8 Å². The maximum absolute atomic E-state index is 11.5. The van der Waals surface area contributed by atoms with Gasteiger partial charge in [-0.2, -0.15) is 0 Å². The van der Waals surface area contributed by atoms with Gasteiger partial charge in [-0.05, 0) is 57.7 Å². The van der Waals surface area contributed by atoms with Gasteiger partial charge in [-0.25, -0.2) is 0 Å². The number of likely N-dealkylation sites (N-methyl/N-ethyl adjacent to an activating group) is 1. The minimum absolute atomic E-state index is 0.465. The standard InChI is InChI=1S/C14H26N2O2/c1-3-15-14(13(17)18)7-4-12(10-14)16-8-5-11(2)6-9-16/h11-12,15H,3-10H2,1-2H3,(H,17,18). The van der Waals surface area contributed by atoms with Crippen LogP contribution in [0.2, 0.25) is 0 Å². The van der Waals surface area contributed by atoms with Crippen molar-refractivity contribution >= 4 is 5.97 Å². The highest BCUT2D eigenvalue weighted by atomic mass is 16.4. The summed E-state index contributed by atoms with van der Waals surface area (Å²) in [6.07, 6.45) is 5.08. The number of carboxylic acids is 1. The number of nitrogens with one attached hydrogen (secondary N) is 1. The molecule has 2 aliphatic rings. The quantitative estimate of drug-likeness (QED) is 0.802. The first kappa shape index (κ1) is 13.8. The third-order valence-electron chi connectivity index (χ3n) is 4.75. The van der Waals surface area contributed by atoms with E-state index in [1.165, 1.54) is 12.8 Å². The van der Waals surface area contributed by atoms with Gasteiger partial charge in [0.2, 0.25) is 0 Å².